The molecule has 0 aliphatic heterocycles. The Kier molecular flexibility index (Phi) is 2.46. The van der Waals surface area contributed by atoms with Gasteiger partial charge in [-0.2, -0.15) is 0 Å². The Bertz CT molecular complexity index is 562. The van der Waals surface area contributed by atoms with E-state index in [1.807, 2.05) is 18.2 Å². The van der Waals surface area contributed by atoms with Gasteiger partial charge in [-0.1, -0.05) is 18.5 Å². The van der Waals surface area contributed by atoms with Gasteiger partial charge in [-0.05, 0) is 43.5 Å². The Morgan fingerprint density at radius 3 is 2.94 bits per heavy atom. The summed E-state index contributed by atoms with van der Waals surface area (Å²) in [6, 6.07) is 8.15. The van der Waals surface area contributed by atoms with Gasteiger partial charge in [0, 0.05) is 21.9 Å². The summed E-state index contributed by atoms with van der Waals surface area (Å²) in [5, 5.41) is 1.83. The highest BCUT2D eigenvalue weighted by Crippen LogP contribution is 2.42. The highest BCUT2D eigenvalue weighted by molar-refractivity contribution is 6.31. The fourth-order valence-electron chi connectivity index (χ4n) is 2.82. The SMILES string of the molecule is CC1(c2cc3cc(Cl)ccc3o2)CCC(N)C1. The van der Waals surface area contributed by atoms with E-state index in [0.29, 0.717) is 6.04 Å². The largest absolute Gasteiger partial charge is 0.460 e. The van der Waals surface area contributed by atoms with E-state index in [1.165, 1.54) is 0 Å². The predicted octanol–water partition coefficient (Wildman–Crippen LogP) is 3.86. The van der Waals surface area contributed by atoms with Gasteiger partial charge in [0.2, 0.25) is 0 Å². The Hall–Kier alpha value is -0.990. The molecule has 2 aromatic rings. The highest BCUT2D eigenvalue weighted by Gasteiger charge is 2.37. The monoisotopic (exact) mass is 249 g/mol. The molecule has 1 heterocycles. The van der Waals surface area contributed by atoms with Crippen molar-refractivity contribution < 1.29 is 4.42 Å². The molecule has 1 aromatic carbocycles. The molecule has 0 amide bonds. The molecule has 1 saturated carbocycles. The van der Waals surface area contributed by atoms with Crippen LogP contribution in [0.5, 0.6) is 0 Å². The molecule has 3 rings (SSSR count). The summed E-state index contributed by atoms with van der Waals surface area (Å²) in [7, 11) is 0. The Morgan fingerprint density at radius 2 is 2.24 bits per heavy atom. The fraction of sp³-hybridized carbons (Fsp3) is 0.429. The second-order valence-electron chi connectivity index (χ2n) is 5.36. The summed E-state index contributed by atoms with van der Waals surface area (Å²) < 4.78 is 5.94. The van der Waals surface area contributed by atoms with Crippen LogP contribution in [0.1, 0.15) is 31.9 Å². The van der Waals surface area contributed by atoms with Crippen molar-refractivity contribution in [3.8, 4) is 0 Å². The zero-order chi connectivity index (χ0) is 12.0. The molecule has 17 heavy (non-hydrogen) atoms. The molecular formula is C14H16ClNO. The molecule has 2 nitrogen and oxygen atoms in total. The molecule has 90 valence electrons. The minimum atomic E-state index is 0.0882. The van der Waals surface area contributed by atoms with Gasteiger partial charge in [-0.25, -0.2) is 0 Å². The van der Waals surface area contributed by atoms with Crippen LogP contribution in [0.15, 0.2) is 28.7 Å². The number of hydrogen-bond acceptors (Lipinski definition) is 2. The van der Waals surface area contributed by atoms with Crippen molar-refractivity contribution in [1.29, 1.82) is 0 Å². The third-order valence-electron chi connectivity index (χ3n) is 3.85. The van der Waals surface area contributed by atoms with E-state index in [0.717, 1.165) is 41.0 Å². The third-order valence-corrected chi connectivity index (χ3v) is 4.09. The van der Waals surface area contributed by atoms with Crippen molar-refractivity contribution in [3.63, 3.8) is 0 Å². The molecule has 1 aliphatic rings. The summed E-state index contributed by atoms with van der Waals surface area (Å²) in [6.45, 7) is 2.24. The minimum absolute atomic E-state index is 0.0882. The van der Waals surface area contributed by atoms with E-state index in [2.05, 4.69) is 13.0 Å². The normalized spacial score (nSPS) is 29.0. The number of hydrogen-bond donors (Lipinski definition) is 1. The van der Waals surface area contributed by atoms with Crippen LogP contribution in [0.4, 0.5) is 0 Å². The quantitative estimate of drug-likeness (QED) is 0.834. The van der Waals surface area contributed by atoms with Crippen LogP contribution < -0.4 is 5.73 Å². The highest BCUT2D eigenvalue weighted by atomic mass is 35.5. The van der Waals surface area contributed by atoms with Crippen LogP contribution in [-0.2, 0) is 5.41 Å². The van der Waals surface area contributed by atoms with Crippen LogP contribution in [-0.4, -0.2) is 6.04 Å². The van der Waals surface area contributed by atoms with Gasteiger partial charge in [0.25, 0.3) is 0 Å². The molecule has 1 aromatic heterocycles. The number of benzene rings is 1. The van der Waals surface area contributed by atoms with Gasteiger partial charge in [0.1, 0.15) is 11.3 Å². The number of nitrogens with two attached hydrogens (primary N) is 1. The summed E-state index contributed by atoms with van der Waals surface area (Å²) in [4.78, 5) is 0. The third kappa shape index (κ3) is 1.85. The molecular weight excluding hydrogens is 234 g/mol. The van der Waals surface area contributed by atoms with Crippen LogP contribution in [0, 0.1) is 0 Å². The molecule has 0 bridgehead atoms. The van der Waals surface area contributed by atoms with Crippen LogP contribution in [0.25, 0.3) is 11.0 Å². The van der Waals surface area contributed by atoms with Gasteiger partial charge < -0.3 is 10.2 Å². The van der Waals surface area contributed by atoms with Gasteiger partial charge in [-0.3, -0.25) is 0 Å². The number of halogens is 1. The van der Waals surface area contributed by atoms with Crippen LogP contribution in [0.3, 0.4) is 0 Å². The summed E-state index contributed by atoms with van der Waals surface area (Å²) in [5.74, 6) is 1.04. The van der Waals surface area contributed by atoms with E-state index in [4.69, 9.17) is 21.8 Å². The maximum absolute atomic E-state index is 6.00. The predicted molar refractivity (Wildman–Crippen MR) is 70.4 cm³/mol. The molecule has 0 radical (unpaired) electrons. The zero-order valence-corrected chi connectivity index (χ0v) is 10.6. The first-order chi connectivity index (χ1) is 8.07. The van der Waals surface area contributed by atoms with E-state index >= 15 is 0 Å². The van der Waals surface area contributed by atoms with E-state index in [-0.39, 0.29) is 5.41 Å². The number of fused-ring (bicyclic) bond motifs is 1. The van der Waals surface area contributed by atoms with Crippen LogP contribution in [0.2, 0.25) is 5.02 Å². The lowest BCUT2D eigenvalue weighted by Gasteiger charge is -2.20. The van der Waals surface area contributed by atoms with Gasteiger partial charge in [0.15, 0.2) is 0 Å². The molecule has 1 fully saturated rings. The Balaban J connectivity index is 2.06. The topological polar surface area (TPSA) is 39.2 Å². The number of rotatable bonds is 1. The summed E-state index contributed by atoms with van der Waals surface area (Å²) in [6.07, 6.45) is 3.18. The second-order valence-corrected chi connectivity index (χ2v) is 5.79. The molecule has 2 atom stereocenters. The number of furan rings is 1. The lowest BCUT2D eigenvalue weighted by atomic mass is 9.85. The Morgan fingerprint density at radius 1 is 1.41 bits per heavy atom. The van der Waals surface area contributed by atoms with Crippen molar-refractivity contribution in [2.24, 2.45) is 5.73 Å². The summed E-state index contributed by atoms with van der Waals surface area (Å²) >= 11 is 5.98. The first-order valence-corrected chi connectivity index (χ1v) is 6.40. The zero-order valence-electron chi connectivity index (χ0n) is 9.87. The van der Waals surface area contributed by atoms with E-state index < -0.39 is 0 Å². The van der Waals surface area contributed by atoms with Crippen molar-refractivity contribution in [3.05, 3.63) is 35.0 Å². The smallest absolute Gasteiger partial charge is 0.134 e. The standard InChI is InChI=1S/C14H16ClNO/c1-14(5-4-11(16)8-14)13-7-9-6-10(15)2-3-12(9)17-13/h2-3,6-7,11H,4-5,8,16H2,1H3. The van der Waals surface area contributed by atoms with Crippen LogP contribution >= 0.6 is 11.6 Å². The van der Waals surface area contributed by atoms with E-state index in [9.17, 15) is 0 Å². The molecule has 2 N–H and O–H groups in total. The molecule has 2 unspecified atom stereocenters. The lowest BCUT2D eigenvalue weighted by Crippen LogP contribution is -2.21. The maximum atomic E-state index is 6.00. The van der Waals surface area contributed by atoms with Gasteiger partial charge in [-0.15, -0.1) is 0 Å². The van der Waals surface area contributed by atoms with Crippen molar-refractivity contribution in [2.75, 3.05) is 0 Å². The van der Waals surface area contributed by atoms with E-state index in [1.54, 1.807) is 0 Å². The fourth-order valence-corrected chi connectivity index (χ4v) is 3.00. The van der Waals surface area contributed by atoms with Gasteiger partial charge in [0.05, 0.1) is 0 Å². The Labute approximate surface area is 106 Å². The second kappa shape index (κ2) is 3.76. The molecule has 0 saturated heterocycles. The average molecular weight is 250 g/mol. The minimum Gasteiger partial charge on any atom is -0.460 e. The first-order valence-electron chi connectivity index (χ1n) is 6.02. The molecule has 0 spiro atoms. The first kappa shape index (κ1) is 11.1. The molecule has 3 heteroatoms. The van der Waals surface area contributed by atoms with Crippen molar-refractivity contribution >= 4 is 22.6 Å². The van der Waals surface area contributed by atoms with Crippen molar-refractivity contribution in [2.45, 2.75) is 37.6 Å². The average Bonchev–Trinajstić information content (AvgIpc) is 2.83. The van der Waals surface area contributed by atoms with Crippen molar-refractivity contribution in [1.82, 2.24) is 0 Å². The maximum Gasteiger partial charge on any atom is 0.134 e. The lowest BCUT2D eigenvalue weighted by molar-refractivity contribution is 0.377. The van der Waals surface area contributed by atoms with Gasteiger partial charge >= 0.3 is 0 Å². The molecule has 1 aliphatic carbocycles. The summed E-state index contributed by atoms with van der Waals surface area (Å²) in [5.41, 5.74) is 7.00.